The first-order valence-corrected chi connectivity index (χ1v) is 7.26. The number of rotatable bonds is 4. The van der Waals surface area contributed by atoms with Gasteiger partial charge in [-0.1, -0.05) is 54.1 Å². The van der Waals surface area contributed by atoms with E-state index in [1.807, 2.05) is 0 Å². The van der Waals surface area contributed by atoms with Crippen LogP contribution in [0.1, 0.15) is 41.1 Å². The molecule has 0 heterocycles. The van der Waals surface area contributed by atoms with Crippen LogP contribution in [-0.2, 0) is 5.41 Å². The van der Waals surface area contributed by atoms with Crippen molar-refractivity contribution in [3.63, 3.8) is 0 Å². The Kier molecular flexibility index (Phi) is 3.36. The van der Waals surface area contributed by atoms with Crippen molar-refractivity contribution in [2.45, 2.75) is 38.1 Å². The molecule has 1 unspecified atom stereocenters. The van der Waals surface area contributed by atoms with E-state index >= 15 is 0 Å². The first-order chi connectivity index (χ1) is 9.67. The quantitative estimate of drug-likeness (QED) is 0.656. The van der Waals surface area contributed by atoms with Gasteiger partial charge in [-0.15, -0.1) is 0 Å². The van der Waals surface area contributed by atoms with Crippen LogP contribution >= 0.6 is 0 Å². The molecule has 1 atom stereocenters. The van der Waals surface area contributed by atoms with Crippen molar-refractivity contribution in [1.29, 1.82) is 0 Å². The molecule has 1 aliphatic carbocycles. The summed E-state index contributed by atoms with van der Waals surface area (Å²) in [5, 5.41) is 0. The third-order valence-electron chi connectivity index (χ3n) is 4.60. The van der Waals surface area contributed by atoms with Crippen LogP contribution in [0.4, 0.5) is 0 Å². The van der Waals surface area contributed by atoms with Crippen molar-refractivity contribution in [2.75, 3.05) is 0 Å². The lowest BCUT2D eigenvalue weighted by Crippen LogP contribution is -2.37. The van der Waals surface area contributed by atoms with Gasteiger partial charge < -0.3 is 0 Å². The number of aryl methyl sites for hydroxylation is 2. The van der Waals surface area contributed by atoms with Crippen molar-refractivity contribution in [2.24, 2.45) is 5.84 Å². The van der Waals surface area contributed by atoms with Gasteiger partial charge in [0.05, 0.1) is 6.04 Å². The van der Waals surface area contributed by atoms with Gasteiger partial charge in [0.2, 0.25) is 0 Å². The molecule has 3 N–H and O–H groups in total. The Balaban J connectivity index is 2.04. The van der Waals surface area contributed by atoms with E-state index in [2.05, 4.69) is 67.8 Å². The Hall–Kier alpha value is -1.64. The third-order valence-corrected chi connectivity index (χ3v) is 4.60. The molecule has 0 saturated heterocycles. The molecule has 2 aromatic carbocycles. The van der Waals surface area contributed by atoms with E-state index in [1.165, 1.54) is 35.1 Å². The number of nitrogens with two attached hydrogens (primary N) is 1. The highest BCUT2D eigenvalue weighted by molar-refractivity contribution is 5.42. The Labute approximate surface area is 121 Å². The Bertz CT molecular complexity index is 600. The van der Waals surface area contributed by atoms with Crippen molar-refractivity contribution >= 4 is 0 Å². The molecule has 1 fully saturated rings. The van der Waals surface area contributed by atoms with Gasteiger partial charge in [0.15, 0.2) is 0 Å². The van der Waals surface area contributed by atoms with Gasteiger partial charge in [0.1, 0.15) is 0 Å². The van der Waals surface area contributed by atoms with Crippen LogP contribution in [0.5, 0.6) is 0 Å². The van der Waals surface area contributed by atoms with E-state index in [0.717, 1.165) is 0 Å². The number of hydrogen-bond acceptors (Lipinski definition) is 2. The van der Waals surface area contributed by atoms with Crippen molar-refractivity contribution in [3.8, 4) is 0 Å². The average Bonchev–Trinajstić information content (AvgIpc) is 3.26. The van der Waals surface area contributed by atoms with Crippen LogP contribution in [0.25, 0.3) is 0 Å². The third kappa shape index (κ3) is 2.15. The lowest BCUT2D eigenvalue weighted by atomic mass is 9.82. The maximum atomic E-state index is 5.94. The highest BCUT2D eigenvalue weighted by Crippen LogP contribution is 2.56. The number of nitrogens with one attached hydrogen (secondary N) is 1. The van der Waals surface area contributed by atoms with Gasteiger partial charge in [-0.25, -0.2) is 0 Å². The summed E-state index contributed by atoms with van der Waals surface area (Å²) in [6, 6.07) is 17.6. The molecule has 1 aliphatic rings. The summed E-state index contributed by atoms with van der Waals surface area (Å²) in [5.41, 5.74) is 8.56. The fourth-order valence-electron chi connectivity index (χ4n) is 3.27. The van der Waals surface area contributed by atoms with Gasteiger partial charge >= 0.3 is 0 Å². The zero-order valence-corrected chi connectivity index (χ0v) is 12.2. The minimum Gasteiger partial charge on any atom is -0.271 e. The summed E-state index contributed by atoms with van der Waals surface area (Å²) >= 11 is 0. The van der Waals surface area contributed by atoms with Gasteiger partial charge in [0, 0.05) is 5.41 Å². The summed E-state index contributed by atoms with van der Waals surface area (Å²) in [6.45, 7) is 4.30. The highest BCUT2D eigenvalue weighted by atomic mass is 15.2. The molecule has 2 aromatic rings. The smallest absolute Gasteiger partial charge is 0.0559 e. The lowest BCUT2D eigenvalue weighted by molar-refractivity contribution is 0.437. The first-order valence-electron chi connectivity index (χ1n) is 7.26. The van der Waals surface area contributed by atoms with E-state index in [4.69, 9.17) is 5.84 Å². The molecule has 104 valence electrons. The maximum Gasteiger partial charge on any atom is 0.0559 e. The fourth-order valence-corrected chi connectivity index (χ4v) is 3.27. The summed E-state index contributed by atoms with van der Waals surface area (Å²) in [7, 11) is 0. The standard InChI is InChI=1S/C18H22N2/c1-13-8-9-14(2)16(12-13)17(20-19)18(10-11-18)15-6-4-3-5-7-15/h3-9,12,17,20H,10-11,19H2,1-2H3. The summed E-state index contributed by atoms with van der Waals surface area (Å²) < 4.78 is 0. The van der Waals surface area contributed by atoms with E-state index in [0.29, 0.717) is 0 Å². The van der Waals surface area contributed by atoms with Crippen LogP contribution in [0, 0.1) is 13.8 Å². The summed E-state index contributed by atoms with van der Waals surface area (Å²) in [6.07, 6.45) is 2.39. The normalized spacial score (nSPS) is 17.8. The second-order valence-corrected chi connectivity index (χ2v) is 5.98. The molecule has 1 saturated carbocycles. The molecule has 2 heteroatoms. The molecule has 2 nitrogen and oxygen atoms in total. The lowest BCUT2D eigenvalue weighted by Gasteiger charge is -2.29. The molecule has 0 bridgehead atoms. The Morgan fingerprint density at radius 3 is 2.35 bits per heavy atom. The fraction of sp³-hybridized carbons (Fsp3) is 0.333. The van der Waals surface area contributed by atoms with Crippen molar-refractivity contribution in [1.82, 2.24) is 5.43 Å². The molecule has 20 heavy (non-hydrogen) atoms. The molecule has 0 spiro atoms. The largest absolute Gasteiger partial charge is 0.271 e. The number of hydrazine groups is 1. The zero-order valence-electron chi connectivity index (χ0n) is 12.2. The van der Waals surface area contributed by atoms with Gasteiger partial charge in [-0.3, -0.25) is 11.3 Å². The molecule has 3 rings (SSSR count). The summed E-state index contributed by atoms with van der Waals surface area (Å²) in [4.78, 5) is 0. The second kappa shape index (κ2) is 5.04. The molecule has 0 aliphatic heterocycles. The molecular weight excluding hydrogens is 244 g/mol. The second-order valence-electron chi connectivity index (χ2n) is 5.98. The minimum atomic E-state index is 0.161. The SMILES string of the molecule is Cc1ccc(C)c(C(NN)C2(c3ccccc3)CC2)c1. The van der Waals surface area contributed by atoms with E-state index in [9.17, 15) is 0 Å². The average molecular weight is 266 g/mol. The molecular formula is C18H22N2. The maximum absolute atomic E-state index is 5.94. The van der Waals surface area contributed by atoms with Crippen molar-refractivity contribution in [3.05, 3.63) is 70.8 Å². The first kappa shape index (κ1) is 13.3. The Morgan fingerprint density at radius 1 is 1.05 bits per heavy atom. The molecule has 0 radical (unpaired) electrons. The zero-order chi connectivity index (χ0) is 14.2. The number of benzene rings is 2. The number of hydrogen-bond donors (Lipinski definition) is 2. The monoisotopic (exact) mass is 266 g/mol. The minimum absolute atomic E-state index is 0.161. The van der Waals surface area contributed by atoms with Crippen LogP contribution in [0.2, 0.25) is 0 Å². The highest BCUT2D eigenvalue weighted by Gasteiger charge is 2.51. The van der Waals surface area contributed by atoms with E-state index in [1.54, 1.807) is 0 Å². The predicted molar refractivity (Wildman–Crippen MR) is 83.3 cm³/mol. The Morgan fingerprint density at radius 2 is 1.75 bits per heavy atom. The van der Waals surface area contributed by atoms with E-state index < -0.39 is 0 Å². The predicted octanol–water partition coefficient (Wildman–Crippen LogP) is 3.54. The summed E-state index contributed by atoms with van der Waals surface area (Å²) in [5.74, 6) is 5.94. The topological polar surface area (TPSA) is 38.0 Å². The van der Waals surface area contributed by atoms with Crippen LogP contribution in [0.15, 0.2) is 48.5 Å². The molecule has 0 amide bonds. The molecule has 0 aromatic heterocycles. The van der Waals surface area contributed by atoms with Crippen LogP contribution < -0.4 is 11.3 Å². The van der Waals surface area contributed by atoms with Crippen LogP contribution in [-0.4, -0.2) is 0 Å². The van der Waals surface area contributed by atoms with Crippen molar-refractivity contribution < 1.29 is 0 Å². The van der Waals surface area contributed by atoms with Gasteiger partial charge in [0.25, 0.3) is 0 Å². The van der Waals surface area contributed by atoms with Gasteiger partial charge in [-0.05, 0) is 43.4 Å². The van der Waals surface area contributed by atoms with E-state index in [-0.39, 0.29) is 11.5 Å². The van der Waals surface area contributed by atoms with Crippen LogP contribution in [0.3, 0.4) is 0 Å². The van der Waals surface area contributed by atoms with Gasteiger partial charge in [-0.2, -0.15) is 0 Å².